The normalized spacial score (nSPS) is 17.7. The van der Waals surface area contributed by atoms with Gasteiger partial charge in [0.2, 0.25) is 0 Å². The lowest BCUT2D eigenvalue weighted by Crippen LogP contribution is -2.46. The topological polar surface area (TPSA) is 49.3 Å². The van der Waals surface area contributed by atoms with Gasteiger partial charge in [0.05, 0.1) is 6.54 Å². The minimum atomic E-state index is -4.39. The van der Waals surface area contributed by atoms with Crippen LogP contribution in [0, 0.1) is 5.41 Å². The van der Waals surface area contributed by atoms with Crippen LogP contribution in [-0.4, -0.2) is 24.0 Å². The van der Waals surface area contributed by atoms with Gasteiger partial charge in [0.15, 0.2) is 11.7 Å². The van der Waals surface area contributed by atoms with E-state index in [9.17, 15) is 13.2 Å². The summed E-state index contributed by atoms with van der Waals surface area (Å²) >= 11 is 0.987. The van der Waals surface area contributed by atoms with Crippen molar-refractivity contribution in [2.45, 2.75) is 52.3 Å². The van der Waals surface area contributed by atoms with Gasteiger partial charge in [0.1, 0.15) is 5.01 Å². The Hall–Kier alpha value is -1.31. The zero-order valence-corrected chi connectivity index (χ0v) is 14.3. The zero-order valence-electron chi connectivity index (χ0n) is 13.5. The smallest absolute Gasteiger partial charge is 0.357 e. The number of rotatable bonds is 6. The summed E-state index contributed by atoms with van der Waals surface area (Å²) in [6.45, 7) is 5.85. The highest BCUT2D eigenvalue weighted by atomic mass is 32.1. The van der Waals surface area contributed by atoms with Crippen LogP contribution >= 0.6 is 11.3 Å². The maximum atomic E-state index is 12.5. The molecule has 0 aliphatic heterocycles. The van der Waals surface area contributed by atoms with Crippen molar-refractivity contribution in [2.24, 2.45) is 10.4 Å². The molecule has 0 bridgehead atoms. The lowest BCUT2D eigenvalue weighted by atomic mass is 9.67. The molecule has 0 spiro atoms. The van der Waals surface area contributed by atoms with Gasteiger partial charge in [-0.2, -0.15) is 13.2 Å². The molecule has 1 aromatic rings. The fourth-order valence-corrected chi connectivity index (χ4v) is 3.33. The van der Waals surface area contributed by atoms with Crippen molar-refractivity contribution in [3.63, 3.8) is 0 Å². The Morgan fingerprint density at radius 1 is 1.35 bits per heavy atom. The molecule has 23 heavy (non-hydrogen) atoms. The first-order chi connectivity index (χ1) is 10.9. The molecule has 1 saturated carbocycles. The Morgan fingerprint density at radius 3 is 2.57 bits per heavy atom. The molecular formula is C15H23F3N4S. The van der Waals surface area contributed by atoms with Gasteiger partial charge in [-0.15, -0.1) is 11.3 Å². The van der Waals surface area contributed by atoms with Crippen molar-refractivity contribution < 1.29 is 13.2 Å². The lowest BCUT2D eigenvalue weighted by Gasteiger charge is -2.41. The molecule has 1 fully saturated rings. The van der Waals surface area contributed by atoms with Gasteiger partial charge in [-0.25, -0.2) is 9.98 Å². The highest BCUT2D eigenvalue weighted by Gasteiger charge is 2.35. The van der Waals surface area contributed by atoms with Crippen molar-refractivity contribution in [3.8, 4) is 0 Å². The number of halogens is 3. The molecule has 2 N–H and O–H groups in total. The van der Waals surface area contributed by atoms with Gasteiger partial charge >= 0.3 is 6.18 Å². The lowest BCUT2D eigenvalue weighted by molar-refractivity contribution is -0.140. The molecule has 0 radical (unpaired) electrons. The van der Waals surface area contributed by atoms with E-state index in [2.05, 4.69) is 27.5 Å². The monoisotopic (exact) mass is 348 g/mol. The van der Waals surface area contributed by atoms with Crippen LogP contribution in [-0.2, 0) is 12.7 Å². The van der Waals surface area contributed by atoms with E-state index in [1.807, 2.05) is 6.92 Å². The summed E-state index contributed by atoms with van der Waals surface area (Å²) < 4.78 is 37.6. The summed E-state index contributed by atoms with van der Waals surface area (Å²) in [5.41, 5.74) is -0.494. The fourth-order valence-electron chi connectivity index (χ4n) is 2.61. The number of hydrogen-bond acceptors (Lipinski definition) is 3. The van der Waals surface area contributed by atoms with E-state index in [-0.39, 0.29) is 6.54 Å². The van der Waals surface area contributed by atoms with E-state index in [1.54, 1.807) is 0 Å². The molecule has 130 valence electrons. The van der Waals surface area contributed by atoms with Crippen molar-refractivity contribution in [1.29, 1.82) is 0 Å². The summed E-state index contributed by atoms with van der Waals surface area (Å²) in [6.07, 6.45) is 0.441. The Labute approximate surface area is 138 Å². The minimum Gasteiger partial charge on any atom is -0.357 e. The summed E-state index contributed by atoms with van der Waals surface area (Å²) in [5, 5.41) is 7.84. The maximum Gasteiger partial charge on any atom is 0.434 e. The number of aliphatic imine (C=N–C) groups is 1. The van der Waals surface area contributed by atoms with E-state index in [0.717, 1.165) is 29.7 Å². The predicted octanol–water partition coefficient (Wildman–Crippen LogP) is 3.80. The van der Waals surface area contributed by atoms with Crippen molar-refractivity contribution in [2.75, 3.05) is 13.1 Å². The zero-order chi connectivity index (χ0) is 16.9. The first kappa shape index (κ1) is 18.0. The highest BCUT2D eigenvalue weighted by Crippen LogP contribution is 2.43. The van der Waals surface area contributed by atoms with Crippen LogP contribution in [0.4, 0.5) is 13.2 Å². The second-order valence-corrected chi connectivity index (χ2v) is 6.82. The number of alkyl halides is 3. The van der Waals surface area contributed by atoms with Crippen LogP contribution in [0.2, 0.25) is 0 Å². The molecule has 1 aliphatic rings. The number of nitrogens with zero attached hydrogens (tertiary/aromatic N) is 2. The van der Waals surface area contributed by atoms with Crippen molar-refractivity contribution in [1.82, 2.24) is 15.6 Å². The van der Waals surface area contributed by atoms with E-state index in [4.69, 9.17) is 0 Å². The molecule has 0 amide bonds. The Bertz CT molecular complexity index is 530. The Morgan fingerprint density at radius 2 is 2.09 bits per heavy atom. The fraction of sp³-hybridized carbons (Fsp3) is 0.733. The molecule has 8 heteroatoms. The van der Waals surface area contributed by atoms with Gasteiger partial charge < -0.3 is 10.6 Å². The van der Waals surface area contributed by atoms with Gasteiger partial charge in [-0.1, -0.05) is 13.3 Å². The third kappa shape index (κ3) is 4.83. The Kier molecular flexibility index (Phi) is 5.89. The number of aromatic nitrogens is 1. The maximum absolute atomic E-state index is 12.5. The van der Waals surface area contributed by atoms with Crippen LogP contribution in [0.5, 0.6) is 0 Å². The van der Waals surface area contributed by atoms with Gasteiger partial charge in [0.25, 0.3) is 0 Å². The molecule has 4 nitrogen and oxygen atoms in total. The van der Waals surface area contributed by atoms with Crippen LogP contribution in [0.3, 0.4) is 0 Å². The van der Waals surface area contributed by atoms with Crippen LogP contribution in [0.25, 0.3) is 0 Å². The standard InChI is InChI=1S/C15H23F3N4S/c1-3-14(6-5-7-14)10-21-13(19-4-2)20-8-12-22-11(9-23-12)15(16,17)18/h9H,3-8,10H2,1-2H3,(H2,19,20,21). The molecule has 0 unspecified atom stereocenters. The van der Waals surface area contributed by atoms with E-state index in [0.29, 0.717) is 22.9 Å². The summed E-state index contributed by atoms with van der Waals surface area (Å²) in [6, 6.07) is 0. The summed E-state index contributed by atoms with van der Waals surface area (Å²) in [4.78, 5) is 7.95. The third-order valence-corrected chi connectivity index (χ3v) is 5.19. The second-order valence-electron chi connectivity index (χ2n) is 5.88. The molecular weight excluding hydrogens is 325 g/mol. The molecule has 0 atom stereocenters. The van der Waals surface area contributed by atoms with E-state index >= 15 is 0 Å². The quantitative estimate of drug-likeness (QED) is 0.607. The van der Waals surface area contributed by atoms with Crippen LogP contribution in [0.1, 0.15) is 50.2 Å². The molecule has 2 rings (SSSR count). The minimum absolute atomic E-state index is 0.148. The number of nitrogens with one attached hydrogen (secondary N) is 2. The summed E-state index contributed by atoms with van der Waals surface area (Å²) in [5.74, 6) is 0.635. The number of thiazole rings is 1. The predicted molar refractivity (Wildman–Crippen MR) is 86.5 cm³/mol. The second kappa shape index (κ2) is 7.51. The molecule has 0 aromatic carbocycles. The highest BCUT2D eigenvalue weighted by molar-refractivity contribution is 7.09. The SMILES string of the molecule is CCNC(=NCc1nc(C(F)(F)F)cs1)NCC1(CC)CCC1. The number of hydrogen-bond donors (Lipinski definition) is 2. The third-order valence-electron chi connectivity index (χ3n) is 4.35. The average Bonchev–Trinajstić information content (AvgIpc) is 2.93. The molecule has 0 saturated heterocycles. The van der Waals surface area contributed by atoms with Crippen molar-refractivity contribution >= 4 is 17.3 Å². The number of guanidine groups is 1. The average molecular weight is 348 g/mol. The summed E-state index contributed by atoms with van der Waals surface area (Å²) in [7, 11) is 0. The van der Waals surface area contributed by atoms with E-state index in [1.165, 1.54) is 19.3 Å². The van der Waals surface area contributed by atoms with Crippen LogP contribution in [0.15, 0.2) is 10.4 Å². The molecule has 1 aromatic heterocycles. The molecule has 1 aliphatic carbocycles. The van der Waals surface area contributed by atoms with Gasteiger partial charge in [-0.3, -0.25) is 0 Å². The molecule has 1 heterocycles. The van der Waals surface area contributed by atoms with Crippen LogP contribution < -0.4 is 10.6 Å². The first-order valence-corrected chi connectivity index (χ1v) is 8.80. The van der Waals surface area contributed by atoms with E-state index < -0.39 is 11.9 Å². The van der Waals surface area contributed by atoms with Gasteiger partial charge in [0, 0.05) is 18.5 Å². The first-order valence-electron chi connectivity index (χ1n) is 7.92. The largest absolute Gasteiger partial charge is 0.434 e. The van der Waals surface area contributed by atoms with Gasteiger partial charge in [-0.05, 0) is 31.6 Å². The Balaban J connectivity index is 1.94. The van der Waals surface area contributed by atoms with Crippen molar-refractivity contribution in [3.05, 3.63) is 16.1 Å².